The second-order valence-electron chi connectivity index (χ2n) is 3.08. The van der Waals surface area contributed by atoms with E-state index in [0.29, 0.717) is 0 Å². The van der Waals surface area contributed by atoms with Gasteiger partial charge in [-0.25, -0.2) is 17.6 Å². The van der Waals surface area contributed by atoms with Gasteiger partial charge in [-0.3, -0.25) is 4.98 Å². The molecule has 1 aromatic carbocycles. The Labute approximate surface area is 88.4 Å². The third-order valence-corrected chi connectivity index (χ3v) is 2.06. The quantitative estimate of drug-likeness (QED) is 0.538. The molecule has 0 N–H and O–H groups in total. The van der Waals surface area contributed by atoms with Crippen LogP contribution in [0.4, 0.5) is 17.6 Å². The molecule has 0 aliphatic rings. The van der Waals surface area contributed by atoms with Crippen LogP contribution in [0.2, 0.25) is 0 Å². The molecule has 0 unspecified atom stereocenters. The Kier molecular flexibility index (Phi) is 2.60. The number of halogens is 4. The minimum Gasteiger partial charge on any atom is -0.264 e. The van der Waals surface area contributed by atoms with E-state index in [2.05, 4.69) is 4.98 Å². The molecule has 2 rings (SSSR count). The Bertz CT molecular complexity index is 499. The predicted octanol–water partition coefficient (Wildman–Crippen LogP) is 3.31. The average molecular weight is 227 g/mol. The van der Waals surface area contributed by atoms with E-state index in [4.69, 9.17) is 0 Å². The highest BCUT2D eigenvalue weighted by molar-refractivity contribution is 5.64. The number of rotatable bonds is 1. The van der Waals surface area contributed by atoms with Crippen molar-refractivity contribution in [2.45, 2.75) is 0 Å². The number of benzene rings is 1. The first-order chi connectivity index (χ1) is 7.61. The highest BCUT2D eigenvalue weighted by Crippen LogP contribution is 2.28. The van der Waals surface area contributed by atoms with Crippen molar-refractivity contribution < 1.29 is 17.6 Å². The van der Waals surface area contributed by atoms with E-state index in [1.54, 1.807) is 0 Å². The molecule has 0 radical (unpaired) electrons. The molecular formula is C11H5F4N. The Balaban J connectivity index is 2.74. The van der Waals surface area contributed by atoms with Gasteiger partial charge in [0, 0.05) is 24.0 Å². The van der Waals surface area contributed by atoms with Gasteiger partial charge < -0.3 is 0 Å². The van der Waals surface area contributed by atoms with Gasteiger partial charge in [-0.05, 0) is 6.07 Å². The molecular weight excluding hydrogens is 222 g/mol. The van der Waals surface area contributed by atoms with E-state index < -0.39 is 28.8 Å². The van der Waals surface area contributed by atoms with E-state index >= 15 is 0 Å². The summed E-state index contributed by atoms with van der Waals surface area (Å²) in [5, 5.41) is 0. The lowest BCUT2D eigenvalue weighted by Crippen LogP contribution is -1.98. The summed E-state index contributed by atoms with van der Waals surface area (Å²) in [5.74, 6) is -5.71. The summed E-state index contributed by atoms with van der Waals surface area (Å²) in [6.45, 7) is 0. The van der Waals surface area contributed by atoms with Gasteiger partial charge in [-0.2, -0.15) is 0 Å². The Hall–Kier alpha value is -1.91. The molecule has 0 bridgehead atoms. The predicted molar refractivity (Wildman–Crippen MR) is 49.5 cm³/mol. The molecule has 0 fully saturated rings. The van der Waals surface area contributed by atoms with Crippen LogP contribution in [0.25, 0.3) is 11.1 Å². The van der Waals surface area contributed by atoms with Crippen LogP contribution in [-0.2, 0) is 0 Å². The van der Waals surface area contributed by atoms with Crippen molar-refractivity contribution >= 4 is 0 Å². The van der Waals surface area contributed by atoms with Gasteiger partial charge in [-0.1, -0.05) is 6.07 Å². The molecule has 1 nitrogen and oxygen atoms in total. The Morgan fingerprint density at radius 3 is 2.06 bits per heavy atom. The normalized spacial score (nSPS) is 10.5. The van der Waals surface area contributed by atoms with Crippen LogP contribution in [0.5, 0.6) is 0 Å². The van der Waals surface area contributed by atoms with Crippen LogP contribution in [0.1, 0.15) is 0 Å². The van der Waals surface area contributed by atoms with E-state index in [1.165, 1.54) is 18.3 Å². The number of aromatic nitrogens is 1. The molecule has 0 saturated heterocycles. The average Bonchev–Trinajstić information content (AvgIpc) is 2.28. The SMILES string of the molecule is Fc1cc(F)c(F)c(-c2cccnc2)c1F. The minimum atomic E-state index is -1.43. The lowest BCUT2D eigenvalue weighted by atomic mass is 10.1. The van der Waals surface area contributed by atoms with Crippen molar-refractivity contribution in [2.24, 2.45) is 0 Å². The zero-order valence-electron chi connectivity index (χ0n) is 7.85. The maximum absolute atomic E-state index is 13.3. The van der Waals surface area contributed by atoms with Gasteiger partial charge in [-0.15, -0.1) is 0 Å². The molecule has 0 aliphatic heterocycles. The maximum Gasteiger partial charge on any atom is 0.169 e. The highest BCUT2D eigenvalue weighted by Gasteiger charge is 2.20. The maximum atomic E-state index is 13.3. The fourth-order valence-corrected chi connectivity index (χ4v) is 1.34. The first-order valence-electron chi connectivity index (χ1n) is 4.34. The zero-order chi connectivity index (χ0) is 11.7. The lowest BCUT2D eigenvalue weighted by Gasteiger charge is -2.06. The van der Waals surface area contributed by atoms with Crippen LogP contribution in [-0.4, -0.2) is 4.98 Å². The summed E-state index contributed by atoms with van der Waals surface area (Å²) < 4.78 is 52.4. The standard InChI is InChI=1S/C11H5F4N/c12-7-4-8(13)11(15)9(10(7)14)6-2-1-3-16-5-6/h1-5H. The molecule has 0 amide bonds. The van der Waals surface area contributed by atoms with E-state index in [9.17, 15) is 17.6 Å². The van der Waals surface area contributed by atoms with Gasteiger partial charge in [0.15, 0.2) is 23.3 Å². The highest BCUT2D eigenvalue weighted by atomic mass is 19.2. The summed E-state index contributed by atoms with van der Waals surface area (Å²) in [4.78, 5) is 3.62. The topological polar surface area (TPSA) is 12.9 Å². The van der Waals surface area contributed by atoms with Crippen molar-refractivity contribution in [1.82, 2.24) is 4.98 Å². The summed E-state index contributed by atoms with van der Waals surface area (Å²) in [7, 11) is 0. The first kappa shape index (κ1) is 10.6. The summed E-state index contributed by atoms with van der Waals surface area (Å²) >= 11 is 0. The van der Waals surface area contributed by atoms with Crippen molar-refractivity contribution in [1.29, 1.82) is 0 Å². The summed E-state index contributed by atoms with van der Waals surface area (Å²) in [6.07, 6.45) is 2.51. The van der Waals surface area contributed by atoms with Crippen molar-refractivity contribution in [3.05, 3.63) is 53.9 Å². The van der Waals surface area contributed by atoms with Crippen LogP contribution in [0.15, 0.2) is 30.6 Å². The Morgan fingerprint density at radius 2 is 1.56 bits per heavy atom. The van der Waals surface area contributed by atoms with Crippen LogP contribution >= 0.6 is 0 Å². The third kappa shape index (κ3) is 1.64. The molecule has 0 aliphatic carbocycles. The van der Waals surface area contributed by atoms with Crippen LogP contribution in [0.3, 0.4) is 0 Å². The summed E-state index contributed by atoms with van der Waals surface area (Å²) in [6, 6.07) is 2.90. The smallest absolute Gasteiger partial charge is 0.169 e. The molecule has 0 spiro atoms. The van der Waals surface area contributed by atoms with Crippen molar-refractivity contribution in [3.63, 3.8) is 0 Å². The fourth-order valence-electron chi connectivity index (χ4n) is 1.34. The minimum absolute atomic E-state index is 0.0177. The first-order valence-corrected chi connectivity index (χ1v) is 4.34. The van der Waals surface area contributed by atoms with Gasteiger partial charge in [0.2, 0.25) is 0 Å². The zero-order valence-corrected chi connectivity index (χ0v) is 7.85. The molecule has 1 aromatic heterocycles. The number of hydrogen-bond donors (Lipinski definition) is 0. The van der Waals surface area contributed by atoms with Gasteiger partial charge in [0.25, 0.3) is 0 Å². The molecule has 1 heterocycles. The second-order valence-corrected chi connectivity index (χ2v) is 3.08. The molecule has 5 heteroatoms. The molecule has 2 aromatic rings. The third-order valence-electron chi connectivity index (χ3n) is 2.06. The fraction of sp³-hybridized carbons (Fsp3) is 0. The number of hydrogen-bond acceptors (Lipinski definition) is 1. The second kappa shape index (κ2) is 3.92. The van der Waals surface area contributed by atoms with E-state index in [1.807, 2.05) is 0 Å². The molecule has 82 valence electrons. The monoisotopic (exact) mass is 227 g/mol. The van der Waals surface area contributed by atoms with Crippen LogP contribution in [0, 0.1) is 23.3 Å². The van der Waals surface area contributed by atoms with Gasteiger partial charge >= 0.3 is 0 Å². The Morgan fingerprint density at radius 1 is 0.938 bits per heavy atom. The molecule has 16 heavy (non-hydrogen) atoms. The van der Waals surface area contributed by atoms with Gasteiger partial charge in [0.1, 0.15) is 0 Å². The summed E-state index contributed by atoms with van der Waals surface area (Å²) in [5.41, 5.74) is -0.762. The molecule has 0 saturated carbocycles. The lowest BCUT2D eigenvalue weighted by molar-refractivity contribution is 0.458. The number of pyridine rings is 1. The van der Waals surface area contributed by atoms with Crippen molar-refractivity contribution in [3.8, 4) is 11.1 Å². The van der Waals surface area contributed by atoms with Crippen molar-refractivity contribution in [2.75, 3.05) is 0 Å². The van der Waals surface area contributed by atoms with Gasteiger partial charge in [0.05, 0.1) is 5.56 Å². The largest absolute Gasteiger partial charge is 0.264 e. The molecule has 0 atom stereocenters. The van der Waals surface area contributed by atoms with Crippen LogP contribution < -0.4 is 0 Å². The van der Waals surface area contributed by atoms with E-state index in [0.717, 1.165) is 6.20 Å². The number of nitrogens with zero attached hydrogens (tertiary/aromatic N) is 1. The van der Waals surface area contributed by atoms with E-state index in [-0.39, 0.29) is 11.6 Å².